The zero-order valence-corrected chi connectivity index (χ0v) is 12.0. The van der Waals surface area contributed by atoms with Crippen molar-refractivity contribution in [3.8, 4) is 0 Å². The van der Waals surface area contributed by atoms with E-state index in [-0.39, 0.29) is 6.04 Å². The molecule has 1 heterocycles. The van der Waals surface area contributed by atoms with Crippen LogP contribution in [-0.4, -0.2) is 4.98 Å². The lowest BCUT2D eigenvalue weighted by Gasteiger charge is -2.12. The monoisotopic (exact) mass is 358 g/mol. The van der Waals surface area contributed by atoms with Gasteiger partial charge >= 0.3 is 0 Å². The molecule has 0 saturated heterocycles. The van der Waals surface area contributed by atoms with E-state index in [1.165, 1.54) is 5.56 Å². The first-order chi connectivity index (χ1) is 8.16. The first kappa shape index (κ1) is 12.8. The van der Waals surface area contributed by atoms with Gasteiger partial charge in [0, 0.05) is 22.0 Å². The maximum Gasteiger partial charge on any atom is 0.0542 e. The highest BCUT2D eigenvalue weighted by Gasteiger charge is 2.08. The summed E-state index contributed by atoms with van der Waals surface area (Å²) in [5, 5.41) is 0.758. The summed E-state index contributed by atoms with van der Waals surface area (Å²) in [5.74, 6) is 0. The number of aromatic nitrogens is 1. The summed E-state index contributed by atoms with van der Waals surface area (Å²) in [6.07, 6.45) is 4.35. The summed E-state index contributed by atoms with van der Waals surface area (Å²) in [6, 6.07) is 9.88. The summed E-state index contributed by atoms with van der Waals surface area (Å²) >= 11 is 8.29. The second-order valence-corrected chi connectivity index (χ2v) is 5.41. The molecule has 17 heavy (non-hydrogen) atoms. The third kappa shape index (κ3) is 3.40. The van der Waals surface area contributed by atoms with E-state index in [0.29, 0.717) is 0 Å². The number of benzene rings is 1. The molecule has 0 aliphatic rings. The molecule has 0 spiro atoms. The summed E-state index contributed by atoms with van der Waals surface area (Å²) in [7, 11) is 0. The van der Waals surface area contributed by atoms with Gasteiger partial charge in [0.2, 0.25) is 0 Å². The van der Waals surface area contributed by atoms with Crippen LogP contribution in [0.4, 0.5) is 0 Å². The molecule has 1 aromatic carbocycles. The van der Waals surface area contributed by atoms with E-state index >= 15 is 0 Å². The van der Waals surface area contributed by atoms with Crippen molar-refractivity contribution in [2.24, 2.45) is 5.73 Å². The first-order valence-corrected chi connectivity index (χ1v) is 6.72. The number of hydrogen-bond donors (Lipinski definition) is 1. The van der Waals surface area contributed by atoms with Gasteiger partial charge < -0.3 is 5.73 Å². The lowest BCUT2D eigenvalue weighted by atomic mass is 10.0. The van der Waals surface area contributed by atoms with Crippen molar-refractivity contribution in [3.63, 3.8) is 0 Å². The molecule has 0 fully saturated rings. The molecular formula is C13H12ClIN2. The third-order valence-corrected chi connectivity index (χ3v) is 4.15. The van der Waals surface area contributed by atoms with Gasteiger partial charge in [0.25, 0.3) is 0 Å². The van der Waals surface area contributed by atoms with Gasteiger partial charge in [-0.3, -0.25) is 4.98 Å². The van der Waals surface area contributed by atoms with Crippen LogP contribution in [0, 0.1) is 3.57 Å². The average molecular weight is 359 g/mol. The number of pyridine rings is 1. The highest BCUT2D eigenvalue weighted by molar-refractivity contribution is 14.1. The SMILES string of the molecule is NC(Cc1ccncc1)c1ccc(I)c(Cl)c1. The maximum atomic E-state index is 6.16. The zero-order chi connectivity index (χ0) is 12.3. The largest absolute Gasteiger partial charge is 0.324 e. The number of halogens is 2. The van der Waals surface area contributed by atoms with Crippen LogP contribution in [0.3, 0.4) is 0 Å². The normalized spacial score (nSPS) is 12.4. The van der Waals surface area contributed by atoms with E-state index in [0.717, 1.165) is 20.6 Å². The molecule has 1 unspecified atom stereocenters. The van der Waals surface area contributed by atoms with E-state index in [9.17, 15) is 0 Å². The van der Waals surface area contributed by atoms with E-state index in [2.05, 4.69) is 27.6 Å². The molecule has 0 aliphatic heterocycles. The van der Waals surface area contributed by atoms with Gasteiger partial charge in [-0.05, 0) is 64.4 Å². The minimum atomic E-state index is -0.0353. The standard InChI is InChI=1S/C13H12ClIN2/c14-11-8-10(1-2-12(11)15)13(16)7-9-3-5-17-6-4-9/h1-6,8,13H,7,16H2. The van der Waals surface area contributed by atoms with Gasteiger partial charge in [0.15, 0.2) is 0 Å². The third-order valence-electron chi connectivity index (χ3n) is 2.58. The van der Waals surface area contributed by atoms with Crippen LogP contribution in [0.2, 0.25) is 5.02 Å². The van der Waals surface area contributed by atoms with E-state index in [1.54, 1.807) is 12.4 Å². The van der Waals surface area contributed by atoms with E-state index in [1.807, 2.05) is 30.3 Å². The van der Waals surface area contributed by atoms with Crippen LogP contribution in [0.15, 0.2) is 42.7 Å². The Labute approximate surface area is 119 Å². The van der Waals surface area contributed by atoms with Crippen molar-refractivity contribution >= 4 is 34.2 Å². The molecule has 2 aromatic rings. The van der Waals surface area contributed by atoms with Gasteiger partial charge in [-0.1, -0.05) is 17.7 Å². The fourth-order valence-corrected chi connectivity index (χ4v) is 2.16. The molecule has 88 valence electrons. The maximum absolute atomic E-state index is 6.16. The molecule has 0 radical (unpaired) electrons. The van der Waals surface area contributed by atoms with Crippen LogP contribution in [-0.2, 0) is 6.42 Å². The Kier molecular flexibility index (Phi) is 4.36. The zero-order valence-electron chi connectivity index (χ0n) is 9.11. The summed E-state index contributed by atoms with van der Waals surface area (Å²) < 4.78 is 1.05. The Bertz CT molecular complexity index is 502. The van der Waals surface area contributed by atoms with Crippen molar-refractivity contribution in [2.75, 3.05) is 0 Å². The predicted octanol–water partition coefficient (Wildman–Crippen LogP) is 3.58. The smallest absolute Gasteiger partial charge is 0.0542 e. The highest BCUT2D eigenvalue weighted by atomic mass is 127. The summed E-state index contributed by atoms with van der Waals surface area (Å²) in [5.41, 5.74) is 8.41. The molecule has 0 saturated carbocycles. The first-order valence-electron chi connectivity index (χ1n) is 5.26. The van der Waals surface area contributed by atoms with E-state index < -0.39 is 0 Å². The van der Waals surface area contributed by atoms with Crippen molar-refractivity contribution in [1.29, 1.82) is 0 Å². The molecule has 1 atom stereocenters. The minimum absolute atomic E-state index is 0.0353. The topological polar surface area (TPSA) is 38.9 Å². The highest BCUT2D eigenvalue weighted by Crippen LogP contribution is 2.23. The number of nitrogens with two attached hydrogens (primary N) is 1. The summed E-state index contributed by atoms with van der Waals surface area (Å²) in [4.78, 5) is 3.99. The number of hydrogen-bond acceptors (Lipinski definition) is 2. The molecule has 2 N–H and O–H groups in total. The van der Waals surface area contributed by atoms with Gasteiger partial charge in [-0.25, -0.2) is 0 Å². The second kappa shape index (κ2) is 5.80. The van der Waals surface area contributed by atoms with Crippen LogP contribution in [0.1, 0.15) is 17.2 Å². The number of nitrogens with zero attached hydrogens (tertiary/aromatic N) is 1. The van der Waals surface area contributed by atoms with Crippen molar-refractivity contribution < 1.29 is 0 Å². The van der Waals surface area contributed by atoms with Crippen molar-refractivity contribution in [2.45, 2.75) is 12.5 Å². The Balaban J connectivity index is 2.14. The Hall–Kier alpha value is -0.650. The fourth-order valence-electron chi connectivity index (χ4n) is 1.63. The molecule has 0 aliphatic carbocycles. The average Bonchev–Trinajstić information content (AvgIpc) is 2.34. The van der Waals surface area contributed by atoms with Crippen LogP contribution >= 0.6 is 34.2 Å². The molecule has 4 heteroatoms. The van der Waals surface area contributed by atoms with Crippen LogP contribution in [0.25, 0.3) is 0 Å². The summed E-state index contributed by atoms with van der Waals surface area (Å²) in [6.45, 7) is 0. The quantitative estimate of drug-likeness (QED) is 0.852. The van der Waals surface area contributed by atoms with E-state index in [4.69, 9.17) is 17.3 Å². The fraction of sp³-hybridized carbons (Fsp3) is 0.154. The van der Waals surface area contributed by atoms with Crippen molar-refractivity contribution in [1.82, 2.24) is 4.98 Å². The van der Waals surface area contributed by atoms with Crippen molar-refractivity contribution in [3.05, 3.63) is 62.4 Å². The molecule has 2 nitrogen and oxygen atoms in total. The second-order valence-electron chi connectivity index (χ2n) is 3.84. The lowest BCUT2D eigenvalue weighted by molar-refractivity contribution is 0.721. The Morgan fingerprint density at radius 1 is 1.24 bits per heavy atom. The van der Waals surface area contributed by atoms with Gasteiger partial charge in [0.05, 0.1) is 5.02 Å². The van der Waals surface area contributed by atoms with Gasteiger partial charge in [-0.2, -0.15) is 0 Å². The molecular weight excluding hydrogens is 347 g/mol. The Morgan fingerprint density at radius 2 is 1.94 bits per heavy atom. The van der Waals surface area contributed by atoms with Crippen LogP contribution in [0.5, 0.6) is 0 Å². The predicted molar refractivity (Wildman–Crippen MR) is 79.0 cm³/mol. The van der Waals surface area contributed by atoms with Gasteiger partial charge in [-0.15, -0.1) is 0 Å². The molecule has 1 aromatic heterocycles. The molecule has 0 bridgehead atoms. The van der Waals surface area contributed by atoms with Crippen LogP contribution < -0.4 is 5.73 Å². The minimum Gasteiger partial charge on any atom is -0.324 e. The number of rotatable bonds is 3. The molecule has 0 amide bonds. The Morgan fingerprint density at radius 3 is 2.59 bits per heavy atom. The van der Waals surface area contributed by atoms with Gasteiger partial charge in [0.1, 0.15) is 0 Å². The lowest BCUT2D eigenvalue weighted by Crippen LogP contribution is -2.13. The molecule has 2 rings (SSSR count).